The van der Waals surface area contributed by atoms with Crippen molar-refractivity contribution in [3.8, 4) is 11.1 Å². The molecule has 0 radical (unpaired) electrons. The molecule has 4 aromatic rings. The molecule has 6 nitrogen and oxygen atoms in total. The molecule has 4 rings (SSSR count). The van der Waals surface area contributed by atoms with Crippen LogP contribution in [0.15, 0.2) is 71.9 Å². The Morgan fingerprint density at radius 2 is 1.86 bits per heavy atom. The second-order valence-corrected chi connectivity index (χ2v) is 6.90. The summed E-state index contributed by atoms with van der Waals surface area (Å²) in [6, 6.07) is 16.2. The van der Waals surface area contributed by atoms with Crippen LogP contribution in [0.25, 0.3) is 22.0 Å². The Balaban J connectivity index is 1.81. The Hall–Kier alpha value is -3.22. The number of rotatable bonds is 4. The van der Waals surface area contributed by atoms with Crippen molar-refractivity contribution in [3.05, 3.63) is 88.1 Å². The highest BCUT2D eigenvalue weighted by atomic mass is 35.5. The molecule has 0 saturated carbocycles. The summed E-state index contributed by atoms with van der Waals surface area (Å²) in [5, 5.41) is 1.12. The first kappa shape index (κ1) is 18.2. The molecule has 1 unspecified atom stereocenters. The molecule has 28 heavy (non-hydrogen) atoms. The third-order valence-electron chi connectivity index (χ3n) is 4.69. The predicted octanol–water partition coefficient (Wildman–Crippen LogP) is 3.24. The van der Waals surface area contributed by atoms with E-state index in [-0.39, 0.29) is 18.1 Å². The molecular formula is C21H18ClN5O. The van der Waals surface area contributed by atoms with Crippen molar-refractivity contribution >= 4 is 28.3 Å². The molecule has 7 heteroatoms. The van der Waals surface area contributed by atoms with E-state index in [2.05, 4.69) is 9.97 Å². The van der Waals surface area contributed by atoms with Gasteiger partial charge in [0.25, 0.3) is 5.56 Å². The van der Waals surface area contributed by atoms with Gasteiger partial charge in [-0.2, -0.15) is 0 Å². The van der Waals surface area contributed by atoms with Crippen molar-refractivity contribution in [1.82, 2.24) is 14.5 Å². The lowest BCUT2D eigenvalue weighted by molar-refractivity contribution is 0.570. The minimum absolute atomic E-state index is 0.152. The quantitative estimate of drug-likeness (QED) is 0.556. The van der Waals surface area contributed by atoms with Crippen LogP contribution in [-0.4, -0.2) is 21.1 Å². The summed E-state index contributed by atoms with van der Waals surface area (Å²) < 4.78 is 1.55. The average Bonchev–Trinajstić information content (AvgIpc) is 2.70. The smallest absolute Gasteiger partial charge is 0.261 e. The lowest BCUT2D eigenvalue weighted by atomic mass is 10.0. The number of halogens is 1. The second-order valence-electron chi connectivity index (χ2n) is 6.46. The first-order valence-corrected chi connectivity index (χ1v) is 9.13. The van der Waals surface area contributed by atoms with E-state index in [1.807, 2.05) is 36.4 Å². The zero-order chi connectivity index (χ0) is 19.7. The molecular weight excluding hydrogens is 374 g/mol. The zero-order valence-electron chi connectivity index (χ0n) is 14.9. The molecule has 4 N–H and O–H groups in total. The normalized spacial score (nSPS) is 12.2. The SMILES string of the molecule is NCC(c1cccc(Cl)c1)n1cnc2cc(-c3ccnc(N)c3)ccc2c1=O. The van der Waals surface area contributed by atoms with Gasteiger partial charge in [-0.1, -0.05) is 29.8 Å². The van der Waals surface area contributed by atoms with Gasteiger partial charge >= 0.3 is 0 Å². The van der Waals surface area contributed by atoms with Crippen LogP contribution in [0.5, 0.6) is 0 Å². The summed E-state index contributed by atoms with van der Waals surface area (Å²) in [4.78, 5) is 21.6. The van der Waals surface area contributed by atoms with Crippen molar-refractivity contribution in [2.45, 2.75) is 6.04 Å². The summed E-state index contributed by atoms with van der Waals surface area (Å²) in [7, 11) is 0. The average molecular weight is 392 g/mol. The molecule has 1 atom stereocenters. The van der Waals surface area contributed by atoms with Gasteiger partial charge in [0.05, 0.1) is 23.3 Å². The number of anilines is 1. The third-order valence-corrected chi connectivity index (χ3v) is 4.93. The minimum Gasteiger partial charge on any atom is -0.384 e. The van der Waals surface area contributed by atoms with Crippen LogP contribution in [0, 0.1) is 0 Å². The Labute approximate surface area is 166 Å². The van der Waals surface area contributed by atoms with E-state index in [0.717, 1.165) is 16.7 Å². The molecule has 0 spiro atoms. The van der Waals surface area contributed by atoms with Gasteiger partial charge in [0.2, 0.25) is 0 Å². The molecule has 2 aromatic heterocycles. The van der Waals surface area contributed by atoms with E-state index < -0.39 is 0 Å². The highest BCUT2D eigenvalue weighted by Gasteiger charge is 2.16. The number of nitrogens with zero attached hydrogens (tertiary/aromatic N) is 3. The Morgan fingerprint density at radius 1 is 1.04 bits per heavy atom. The van der Waals surface area contributed by atoms with Crippen LogP contribution < -0.4 is 17.0 Å². The number of nitrogen functional groups attached to an aromatic ring is 1. The monoisotopic (exact) mass is 391 g/mol. The number of hydrogen-bond donors (Lipinski definition) is 2. The highest BCUT2D eigenvalue weighted by Crippen LogP contribution is 2.24. The van der Waals surface area contributed by atoms with Gasteiger partial charge in [-0.3, -0.25) is 9.36 Å². The molecule has 140 valence electrons. The maximum Gasteiger partial charge on any atom is 0.261 e. The third kappa shape index (κ3) is 3.35. The molecule has 0 aliphatic rings. The number of aromatic nitrogens is 3. The molecule has 0 aliphatic heterocycles. The first-order chi connectivity index (χ1) is 13.6. The Kier molecular flexibility index (Phi) is 4.81. The van der Waals surface area contributed by atoms with E-state index in [0.29, 0.717) is 21.7 Å². The maximum absolute atomic E-state index is 13.1. The lowest BCUT2D eigenvalue weighted by Crippen LogP contribution is -2.30. The number of fused-ring (bicyclic) bond motifs is 1. The topological polar surface area (TPSA) is 99.8 Å². The molecule has 2 heterocycles. The predicted molar refractivity (Wildman–Crippen MR) is 112 cm³/mol. The highest BCUT2D eigenvalue weighted by molar-refractivity contribution is 6.30. The standard InChI is InChI=1S/C21H18ClN5O/c22-16-3-1-2-15(8-16)19(11-23)27-12-26-18-9-13(4-5-17(18)21(27)28)14-6-7-25-20(24)10-14/h1-10,12,19H,11,23H2,(H2,24,25). The largest absolute Gasteiger partial charge is 0.384 e. The van der Waals surface area contributed by atoms with Gasteiger partial charge < -0.3 is 11.5 Å². The summed E-state index contributed by atoms with van der Waals surface area (Å²) in [6.07, 6.45) is 3.19. The minimum atomic E-state index is -0.345. The summed E-state index contributed by atoms with van der Waals surface area (Å²) >= 11 is 6.10. The number of nitrogens with two attached hydrogens (primary N) is 2. The van der Waals surface area contributed by atoms with Crippen molar-refractivity contribution in [2.75, 3.05) is 12.3 Å². The fraction of sp³-hybridized carbons (Fsp3) is 0.0952. The van der Waals surface area contributed by atoms with Crippen LogP contribution in [0.4, 0.5) is 5.82 Å². The van der Waals surface area contributed by atoms with Crippen molar-refractivity contribution in [1.29, 1.82) is 0 Å². The number of pyridine rings is 1. The molecule has 0 fully saturated rings. The summed E-state index contributed by atoms with van der Waals surface area (Å²) in [5.74, 6) is 0.438. The van der Waals surface area contributed by atoms with Crippen molar-refractivity contribution in [3.63, 3.8) is 0 Å². The lowest BCUT2D eigenvalue weighted by Gasteiger charge is -2.19. The Bertz CT molecular complexity index is 1220. The summed E-state index contributed by atoms with van der Waals surface area (Å²) in [6.45, 7) is 0.252. The molecule has 0 aliphatic carbocycles. The zero-order valence-corrected chi connectivity index (χ0v) is 15.7. The van der Waals surface area contributed by atoms with E-state index >= 15 is 0 Å². The van der Waals surface area contributed by atoms with E-state index in [1.165, 1.54) is 6.33 Å². The maximum atomic E-state index is 13.1. The van der Waals surface area contributed by atoms with Gasteiger partial charge in [0.1, 0.15) is 5.82 Å². The van der Waals surface area contributed by atoms with Crippen molar-refractivity contribution < 1.29 is 0 Å². The van der Waals surface area contributed by atoms with Crippen LogP contribution in [0.3, 0.4) is 0 Å². The Morgan fingerprint density at radius 3 is 2.61 bits per heavy atom. The van der Waals surface area contributed by atoms with Crippen LogP contribution in [0.2, 0.25) is 5.02 Å². The van der Waals surface area contributed by atoms with E-state index in [4.69, 9.17) is 23.1 Å². The van der Waals surface area contributed by atoms with Crippen LogP contribution in [0.1, 0.15) is 11.6 Å². The van der Waals surface area contributed by atoms with Crippen LogP contribution in [-0.2, 0) is 0 Å². The van der Waals surface area contributed by atoms with E-state index in [9.17, 15) is 4.79 Å². The molecule has 0 amide bonds. The molecule has 0 saturated heterocycles. The van der Waals surface area contributed by atoms with Gasteiger partial charge in [0, 0.05) is 17.8 Å². The second kappa shape index (κ2) is 7.42. The summed E-state index contributed by atoms with van der Waals surface area (Å²) in [5.41, 5.74) is 14.9. The van der Waals surface area contributed by atoms with Gasteiger partial charge in [0.15, 0.2) is 0 Å². The fourth-order valence-electron chi connectivity index (χ4n) is 3.29. The first-order valence-electron chi connectivity index (χ1n) is 8.75. The van der Waals surface area contributed by atoms with Crippen LogP contribution >= 0.6 is 11.6 Å². The fourth-order valence-corrected chi connectivity index (χ4v) is 3.49. The van der Waals surface area contributed by atoms with Gasteiger partial charge in [-0.25, -0.2) is 9.97 Å². The van der Waals surface area contributed by atoms with Crippen molar-refractivity contribution in [2.24, 2.45) is 5.73 Å². The van der Waals surface area contributed by atoms with E-state index in [1.54, 1.807) is 29.0 Å². The number of hydrogen-bond acceptors (Lipinski definition) is 5. The van der Waals surface area contributed by atoms with Gasteiger partial charge in [-0.15, -0.1) is 0 Å². The molecule has 2 aromatic carbocycles. The van der Waals surface area contributed by atoms with Gasteiger partial charge in [-0.05, 0) is 53.1 Å². The number of benzene rings is 2. The molecule has 0 bridgehead atoms.